The van der Waals surface area contributed by atoms with Crippen LogP contribution in [0.4, 0.5) is 0 Å². The molecule has 1 saturated heterocycles. The molecule has 1 fully saturated rings. The predicted octanol–water partition coefficient (Wildman–Crippen LogP) is 3.75. The van der Waals surface area contributed by atoms with Crippen LogP contribution in [0.2, 0.25) is 0 Å². The average Bonchev–Trinajstić information content (AvgIpc) is 3.35. The fourth-order valence-electron chi connectivity index (χ4n) is 3.74. The minimum Gasteiger partial charge on any atom is -0.361 e. The van der Waals surface area contributed by atoms with Crippen molar-refractivity contribution in [3.05, 3.63) is 51.9 Å². The van der Waals surface area contributed by atoms with Gasteiger partial charge in [0.15, 0.2) is 0 Å². The van der Waals surface area contributed by atoms with Gasteiger partial charge in [-0.2, -0.15) is 4.31 Å². The molecule has 0 aliphatic carbocycles. The minimum absolute atomic E-state index is 0.0721. The fraction of sp³-hybridized carbons (Fsp3) is 0.350. The molecule has 9 heteroatoms. The summed E-state index contributed by atoms with van der Waals surface area (Å²) in [6.07, 6.45) is 4.10. The lowest BCUT2D eigenvalue weighted by Gasteiger charge is -2.30. The van der Waals surface area contributed by atoms with Crippen molar-refractivity contribution in [1.29, 1.82) is 0 Å². The van der Waals surface area contributed by atoms with E-state index in [9.17, 15) is 13.2 Å². The van der Waals surface area contributed by atoms with Crippen molar-refractivity contribution in [2.24, 2.45) is 5.92 Å². The summed E-state index contributed by atoms with van der Waals surface area (Å²) >= 11 is 4.51. The molecule has 2 aromatic heterocycles. The number of nitrogens with zero attached hydrogens (tertiary/aromatic N) is 1. The number of thiophene rings is 1. The predicted molar refractivity (Wildman–Crippen MR) is 119 cm³/mol. The zero-order valence-electron chi connectivity index (χ0n) is 15.7. The number of hydrogen-bond acceptors (Lipinski definition) is 4. The van der Waals surface area contributed by atoms with Gasteiger partial charge < -0.3 is 10.3 Å². The van der Waals surface area contributed by atoms with E-state index in [4.69, 9.17) is 0 Å². The lowest BCUT2D eigenvalue weighted by Crippen LogP contribution is -2.45. The SMILES string of the molecule is O=C(NCCc1c[nH]c2ccccc12)C1CCCN(S(=O)(=O)c2ccc(Br)s2)C1. The van der Waals surface area contributed by atoms with Crippen molar-refractivity contribution in [3.8, 4) is 0 Å². The Morgan fingerprint density at radius 3 is 2.90 bits per heavy atom. The molecule has 2 N–H and O–H groups in total. The first-order valence-corrected chi connectivity index (χ1v) is 12.6. The quantitative estimate of drug-likeness (QED) is 0.546. The Morgan fingerprint density at radius 1 is 1.28 bits per heavy atom. The van der Waals surface area contributed by atoms with Crippen molar-refractivity contribution in [2.75, 3.05) is 19.6 Å². The van der Waals surface area contributed by atoms with Gasteiger partial charge in [0.2, 0.25) is 5.91 Å². The van der Waals surface area contributed by atoms with Gasteiger partial charge in [-0.15, -0.1) is 11.3 Å². The standard InChI is InChI=1S/C20H22BrN3O3S2/c21-18-7-8-19(28-18)29(26,27)24-11-3-4-15(13-24)20(25)22-10-9-14-12-23-17-6-2-1-5-16(14)17/h1-2,5-8,12,15,23H,3-4,9-11,13H2,(H,22,25). The van der Waals surface area contributed by atoms with Crippen LogP contribution in [-0.4, -0.2) is 43.2 Å². The number of amides is 1. The highest BCUT2D eigenvalue weighted by atomic mass is 79.9. The molecule has 154 valence electrons. The first-order chi connectivity index (χ1) is 13.9. The number of halogens is 1. The smallest absolute Gasteiger partial charge is 0.252 e. The van der Waals surface area contributed by atoms with E-state index >= 15 is 0 Å². The van der Waals surface area contributed by atoms with E-state index in [1.807, 2.05) is 24.4 Å². The molecule has 29 heavy (non-hydrogen) atoms. The number of carbonyl (C=O) groups is 1. The number of sulfonamides is 1. The third-order valence-corrected chi connectivity index (χ3v) is 9.22. The van der Waals surface area contributed by atoms with Crippen LogP contribution in [0.5, 0.6) is 0 Å². The number of nitrogens with one attached hydrogen (secondary N) is 2. The normalized spacial score (nSPS) is 18.2. The molecule has 0 radical (unpaired) electrons. The van der Waals surface area contributed by atoms with E-state index < -0.39 is 10.0 Å². The number of para-hydroxylation sites is 1. The number of carbonyl (C=O) groups excluding carboxylic acids is 1. The van der Waals surface area contributed by atoms with Crippen LogP contribution in [-0.2, 0) is 21.2 Å². The Labute approximate surface area is 182 Å². The first kappa shape index (κ1) is 20.6. The van der Waals surface area contributed by atoms with E-state index in [-0.39, 0.29) is 18.4 Å². The van der Waals surface area contributed by atoms with Crippen molar-refractivity contribution < 1.29 is 13.2 Å². The Kier molecular flexibility index (Phi) is 6.10. The summed E-state index contributed by atoms with van der Waals surface area (Å²) in [4.78, 5) is 15.9. The van der Waals surface area contributed by atoms with Crippen LogP contribution in [0.1, 0.15) is 18.4 Å². The van der Waals surface area contributed by atoms with E-state index in [0.29, 0.717) is 30.1 Å². The van der Waals surface area contributed by atoms with E-state index in [0.717, 1.165) is 21.3 Å². The summed E-state index contributed by atoms with van der Waals surface area (Å²) in [6, 6.07) is 11.4. The number of piperidine rings is 1. The van der Waals surface area contributed by atoms with Gasteiger partial charge in [-0.3, -0.25) is 4.79 Å². The number of hydrogen-bond donors (Lipinski definition) is 2. The molecule has 1 unspecified atom stereocenters. The van der Waals surface area contributed by atoms with Crippen molar-refractivity contribution in [2.45, 2.75) is 23.5 Å². The molecule has 0 spiro atoms. The van der Waals surface area contributed by atoms with Gasteiger partial charge in [0.25, 0.3) is 10.0 Å². The molecule has 1 aliphatic rings. The molecular weight excluding hydrogens is 474 g/mol. The molecule has 1 amide bonds. The van der Waals surface area contributed by atoms with Crippen LogP contribution in [0.25, 0.3) is 10.9 Å². The third kappa shape index (κ3) is 4.42. The highest BCUT2D eigenvalue weighted by molar-refractivity contribution is 9.11. The molecule has 1 aliphatic heterocycles. The highest BCUT2D eigenvalue weighted by Gasteiger charge is 2.33. The van der Waals surface area contributed by atoms with Crippen molar-refractivity contribution in [3.63, 3.8) is 0 Å². The van der Waals surface area contributed by atoms with Gasteiger partial charge in [0.05, 0.1) is 9.70 Å². The van der Waals surface area contributed by atoms with Gasteiger partial charge in [-0.25, -0.2) is 8.42 Å². The minimum atomic E-state index is -3.55. The topological polar surface area (TPSA) is 82.3 Å². The van der Waals surface area contributed by atoms with Gasteiger partial charge in [-0.05, 0) is 59.0 Å². The summed E-state index contributed by atoms with van der Waals surface area (Å²) in [6.45, 7) is 1.22. The summed E-state index contributed by atoms with van der Waals surface area (Å²) < 4.78 is 28.2. The van der Waals surface area contributed by atoms with Crippen LogP contribution in [0, 0.1) is 5.92 Å². The number of aromatic nitrogens is 1. The second-order valence-electron chi connectivity index (χ2n) is 7.16. The molecular formula is C20H22BrN3O3S2. The second-order valence-corrected chi connectivity index (χ2v) is 11.8. The van der Waals surface area contributed by atoms with Crippen LogP contribution in [0.3, 0.4) is 0 Å². The van der Waals surface area contributed by atoms with Gasteiger partial charge in [-0.1, -0.05) is 18.2 Å². The summed E-state index contributed by atoms with van der Waals surface area (Å²) in [7, 11) is -3.55. The number of benzene rings is 1. The van der Waals surface area contributed by atoms with Crippen LogP contribution >= 0.6 is 27.3 Å². The zero-order chi connectivity index (χ0) is 20.4. The van der Waals surface area contributed by atoms with E-state index in [1.54, 1.807) is 12.1 Å². The van der Waals surface area contributed by atoms with E-state index in [1.165, 1.54) is 21.0 Å². The molecule has 3 heterocycles. The molecule has 0 saturated carbocycles. The molecule has 1 aromatic carbocycles. The fourth-order valence-corrected chi connectivity index (χ4v) is 7.43. The largest absolute Gasteiger partial charge is 0.361 e. The number of fused-ring (bicyclic) bond motifs is 1. The van der Waals surface area contributed by atoms with E-state index in [2.05, 4.69) is 32.3 Å². The number of H-pyrrole nitrogens is 1. The summed E-state index contributed by atoms with van der Waals surface area (Å²) in [5.41, 5.74) is 2.25. The maximum Gasteiger partial charge on any atom is 0.252 e. The molecule has 4 rings (SSSR count). The Morgan fingerprint density at radius 2 is 2.10 bits per heavy atom. The van der Waals surface area contributed by atoms with Gasteiger partial charge in [0, 0.05) is 36.7 Å². The summed E-state index contributed by atoms with van der Waals surface area (Å²) in [5.74, 6) is -0.387. The van der Waals surface area contributed by atoms with Crippen molar-refractivity contribution >= 4 is 54.1 Å². The second kappa shape index (κ2) is 8.59. The monoisotopic (exact) mass is 495 g/mol. The molecule has 6 nitrogen and oxygen atoms in total. The third-order valence-electron chi connectivity index (χ3n) is 5.27. The van der Waals surface area contributed by atoms with Gasteiger partial charge >= 0.3 is 0 Å². The lowest BCUT2D eigenvalue weighted by molar-refractivity contribution is -0.126. The zero-order valence-corrected chi connectivity index (χ0v) is 18.9. The van der Waals surface area contributed by atoms with Crippen LogP contribution in [0.15, 0.2) is 50.6 Å². The Balaban J connectivity index is 1.35. The highest BCUT2D eigenvalue weighted by Crippen LogP contribution is 2.31. The van der Waals surface area contributed by atoms with Crippen LogP contribution < -0.4 is 5.32 Å². The average molecular weight is 496 g/mol. The maximum atomic E-state index is 12.8. The van der Waals surface area contributed by atoms with Gasteiger partial charge in [0.1, 0.15) is 4.21 Å². The first-order valence-electron chi connectivity index (χ1n) is 9.53. The number of rotatable bonds is 6. The Bertz CT molecular complexity index is 1120. The molecule has 1 atom stereocenters. The Hall–Kier alpha value is -1.68. The maximum absolute atomic E-state index is 12.8. The molecule has 3 aromatic rings. The lowest BCUT2D eigenvalue weighted by atomic mass is 9.99. The van der Waals surface area contributed by atoms with Crippen molar-refractivity contribution in [1.82, 2.24) is 14.6 Å². The number of aromatic amines is 1. The summed E-state index contributed by atoms with van der Waals surface area (Å²) in [5, 5.41) is 4.16. The molecule has 0 bridgehead atoms.